The molecule has 0 radical (unpaired) electrons. The van der Waals surface area contributed by atoms with Gasteiger partial charge in [-0.2, -0.15) is 12.6 Å². The molecule has 0 aliphatic heterocycles. The van der Waals surface area contributed by atoms with Crippen molar-refractivity contribution in [3.05, 3.63) is 12.2 Å². The van der Waals surface area contributed by atoms with E-state index in [9.17, 15) is 4.79 Å². The first-order valence-corrected chi connectivity index (χ1v) is 7.16. The monoisotopic (exact) mass is 317 g/mol. The molecule has 0 rings (SSSR count). The Hall–Kier alpha value is -0.270. The first kappa shape index (κ1) is 31.2. The summed E-state index contributed by atoms with van der Waals surface area (Å²) in [5, 5.41) is 5.64. The molecule has 0 atom stereocenters. The van der Waals surface area contributed by atoms with Crippen LogP contribution in [0.25, 0.3) is 0 Å². The molecular formula is C12H32ClN3O2S. The summed E-state index contributed by atoms with van der Waals surface area (Å²) in [5.74, 6) is -0.347. The molecule has 0 aromatic rings. The molecule has 7 heteroatoms. The van der Waals surface area contributed by atoms with Gasteiger partial charge in [-0.1, -0.05) is 6.58 Å². The zero-order chi connectivity index (χ0) is 16.7. The number of rotatable bonds is 3. The van der Waals surface area contributed by atoms with Crippen LogP contribution in [0.1, 0.15) is 6.92 Å². The number of alkyl halides is 1. The van der Waals surface area contributed by atoms with E-state index in [4.69, 9.17) is 5.73 Å². The number of ether oxygens (including phenoxy) is 1. The molecule has 0 spiro atoms. The minimum atomic E-state index is -0.347. The zero-order valence-electron chi connectivity index (χ0n) is 13.3. The van der Waals surface area contributed by atoms with Crippen LogP contribution in [-0.4, -0.2) is 60.0 Å². The number of nitrogens with one attached hydrogen (secondary N) is 2. The normalized spacial score (nSPS) is 6.63. The third kappa shape index (κ3) is 73.4. The summed E-state index contributed by atoms with van der Waals surface area (Å²) < 4.78 is 4.27. The maximum Gasteiger partial charge on any atom is 0.332 e. The van der Waals surface area contributed by atoms with Crippen LogP contribution in [0.2, 0.25) is 0 Å². The summed E-state index contributed by atoms with van der Waals surface area (Å²) in [5.41, 5.74) is 5.51. The van der Waals surface area contributed by atoms with Gasteiger partial charge >= 0.3 is 5.97 Å². The summed E-state index contributed by atoms with van der Waals surface area (Å²) in [6.07, 6.45) is 3.17. The van der Waals surface area contributed by atoms with E-state index in [2.05, 4.69) is 46.2 Å². The van der Waals surface area contributed by atoms with E-state index in [0.29, 0.717) is 5.57 Å². The minimum Gasteiger partial charge on any atom is -0.466 e. The van der Waals surface area contributed by atoms with E-state index in [1.165, 1.54) is 13.5 Å². The van der Waals surface area contributed by atoms with Gasteiger partial charge in [-0.05, 0) is 34.3 Å². The Bertz CT molecular complexity index is 160. The number of thiol groups is 1. The van der Waals surface area contributed by atoms with Crippen molar-refractivity contribution < 1.29 is 9.53 Å². The van der Waals surface area contributed by atoms with Crippen LogP contribution in [-0.2, 0) is 9.53 Å². The Morgan fingerprint density at radius 1 is 1.32 bits per heavy atom. The van der Waals surface area contributed by atoms with Crippen molar-refractivity contribution in [2.75, 3.05) is 54.0 Å². The van der Waals surface area contributed by atoms with Crippen LogP contribution in [0.3, 0.4) is 0 Å². The molecule has 0 aromatic carbocycles. The number of nitrogens with two attached hydrogens (primary N) is 1. The Labute approximate surface area is 129 Å². The van der Waals surface area contributed by atoms with E-state index >= 15 is 0 Å². The highest BCUT2D eigenvalue weighted by atomic mass is 35.5. The van der Waals surface area contributed by atoms with E-state index < -0.39 is 0 Å². The lowest BCUT2D eigenvalue weighted by molar-refractivity contribution is -0.136. The second-order valence-electron chi connectivity index (χ2n) is 2.66. The largest absolute Gasteiger partial charge is 0.466 e. The van der Waals surface area contributed by atoms with Crippen molar-refractivity contribution in [2.24, 2.45) is 5.73 Å². The summed E-state index contributed by atoms with van der Waals surface area (Å²) in [7, 11) is 6.96. The molecular weight excluding hydrogens is 286 g/mol. The Balaban J connectivity index is -0.0000000480. The average Bonchev–Trinajstić information content (AvgIpc) is 2.44. The number of methoxy groups -OCH3 is 1. The second-order valence-corrected chi connectivity index (χ2v) is 2.66. The fourth-order valence-corrected chi connectivity index (χ4v) is 0.319. The van der Waals surface area contributed by atoms with Gasteiger partial charge < -0.3 is 21.1 Å². The van der Waals surface area contributed by atoms with Crippen molar-refractivity contribution in [1.29, 1.82) is 0 Å². The van der Waals surface area contributed by atoms with Crippen LogP contribution in [0.5, 0.6) is 0 Å². The zero-order valence-corrected chi connectivity index (χ0v) is 15.0. The number of esters is 1. The van der Waals surface area contributed by atoms with E-state index in [0.717, 1.165) is 13.1 Å². The van der Waals surface area contributed by atoms with Gasteiger partial charge in [0.05, 0.1) is 7.11 Å². The number of likely N-dealkylation sites (N-methyl/N-ethyl adjacent to an activating group) is 1. The van der Waals surface area contributed by atoms with Crippen LogP contribution in [0, 0.1) is 0 Å². The quantitative estimate of drug-likeness (QED) is 0.272. The highest BCUT2D eigenvalue weighted by molar-refractivity contribution is 7.79. The molecule has 120 valence electrons. The van der Waals surface area contributed by atoms with Crippen LogP contribution < -0.4 is 16.4 Å². The van der Waals surface area contributed by atoms with Crippen LogP contribution >= 0.6 is 24.2 Å². The maximum atomic E-state index is 10.2. The average molecular weight is 318 g/mol. The van der Waals surface area contributed by atoms with Gasteiger partial charge in [0.2, 0.25) is 0 Å². The lowest BCUT2D eigenvalue weighted by atomic mass is 10.4. The first-order chi connectivity index (χ1) is 9.01. The SMILES string of the molecule is C=C(C)C(=O)OC.CCl.CNC.CNCCN.CS. The van der Waals surface area contributed by atoms with E-state index in [-0.39, 0.29) is 5.97 Å². The van der Waals surface area contributed by atoms with Gasteiger partial charge in [-0.25, -0.2) is 4.79 Å². The number of halogens is 1. The van der Waals surface area contributed by atoms with Crippen LogP contribution in [0.4, 0.5) is 0 Å². The number of hydrogen-bond donors (Lipinski definition) is 4. The van der Waals surface area contributed by atoms with Gasteiger partial charge in [0, 0.05) is 25.0 Å². The van der Waals surface area contributed by atoms with Crippen molar-refractivity contribution >= 4 is 30.2 Å². The first-order valence-electron chi connectivity index (χ1n) is 5.51. The molecule has 0 unspecified atom stereocenters. The van der Waals surface area contributed by atoms with Gasteiger partial charge in [-0.15, -0.1) is 11.6 Å². The molecule has 0 heterocycles. The Morgan fingerprint density at radius 2 is 1.63 bits per heavy atom. The lowest BCUT2D eigenvalue weighted by Crippen LogP contribution is -2.17. The second kappa shape index (κ2) is 43.1. The van der Waals surface area contributed by atoms with Gasteiger partial charge in [0.1, 0.15) is 0 Å². The third-order valence-corrected chi connectivity index (χ3v) is 0.928. The highest BCUT2D eigenvalue weighted by Crippen LogP contribution is 1.87. The molecule has 0 amide bonds. The molecule has 5 nitrogen and oxygen atoms in total. The topological polar surface area (TPSA) is 76.4 Å². The van der Waals surface area contributed by atoms with E-state index in [1.54, 1.807) is 13.2 Å². The molecule has 0 aromatic heterocycles. The molecule has 0 bridgehead atoms. The Kier molecular flexibility index (Phi) is 70.9. The number of carbonyl (C=O) groups excluding carboxylic acids is 1. The smallest absolute Gasteiger partial charge is 0.332 e. The highest BCUT2D eigenvalue weighted by Gasteiger charge is 1.95. The molecule has 19 heavy (non-hydrogen) atoms. The number of hydrogen-bond acceptors (Lipinski definition) is 6. The minimum absolute atomic E-state index is 0.347. The maximum absolute atomic E-state index is 10.2. The molecule has 0 saturated heterocycles. The summed E-state index contributed by atoms with van der Waals surface area (Å²) in [6.45, 7) is 6.60. The fourth-order valence-electron chi connectivity index (χ4n) is 0.319. The molecule has 0 aliphatic rings. The molecule has 0 saturated carbocycles. The van der Waals surface area contributed by atoms with Crippen molar-refractivity contribution in [3.63, 3.8) is 0 Å². The third-order valence-electron chi connectivity index (χ3n) is 0.928. The van der Waals surface area contributed by atoms with Gasteiger partial charge in [0.15, 0.2) is 0 Å². The lowest BCUT2D eigenvalue weighted by Gasteiger charge is -1.91. The van der Waals surface area contributed by atoms with Crippen molar-refractivity contribution in [2.45, 2.75) is 6.92 Å². The predicted molar refractivity (Wildman–Crippen MR) is 91.5 cm³/mol. The standard InChI is InChI=1S/C5H8O2.C3H10N2.C2H7N.CH3Cl.CH4S/c1-4(2)5(6)7-3;1-5-3-2-4;1-3-2;2*1-2/h1H2,2-3H3;5H,2-4H2,1H3;3H,1-2H3;1H3;2H,1H3. The summed E-state index contributed by atoms with van der Waals surface area (Å²) in [4.78, 5) is 10.2. The van der Waals surface area contributed by atoms with Crippen molar-refractivity contribution in [1.82, 2.24) is 10.6 Å². The van der Waals surface area contributed by atoms with Gasteiger partial charge in [-0.3, -0.25) is 0 Å². The molecule has 0 fully saturated rings. The predicted octanol–water partition coefficient (Wildman–Crippen LogP) is 1.14. The molecule has 4 N–H and O–H groups in total. The van der Waals surface area contributed by atoms with Crippen molar-refractivity contribution in [3.8, 4) is 0 Å². The molecule has 0 aliphatic carbocycles. The van der Waals surface area contributed by atoms with Gasteiger partial charge in [0.25, 0.3) is 0 Å². The van der Waals surface area contributed by atoms with E-state index in [1.807, 2.05) is 21.1 Å². The number of carbonyl (C=O) groups is 1. The fraction of sp³-hybridized carbons (Fsp3) is 0.750. The summed E-state index contributed by atoms with van der Waals surface area (Å²) >= 11 is 8.17. The van der Waals surface area contributed by atoms with Crippen LogP contribution in [0.15, 0.2) is 12.2 Å². The Morgan fingerprint density at radius 3 is 1.63 bits per heavy atom. The summed E-state index contributed by atoms with van der Waals surface area (Å²) in [6, 6.07) is 0.